The smallest absolute Gasteiger partial charge is 0.322 e. The lowest BCUT2D eigenvalue weighted by Gasteiger charge is -2.01. The number of ether oxygens (including phenoxy) is 1. The first-order valence-corrected chi connectivity index (χ1v) is 7.29. The van der Waals surface area contributed by atoms with Crippen molar-refractivity contribution in [2.45, 2.75) is 18.9 Å². The van der Waals surface area contributed by atoms with Gasteiger partial charge in [-0.2, -0.15) is 0 Å². The van der Waals surface area contributed by atoms with E-state index in [-0.39, 0.29) is 18.0 Å². The lowest BCUT2D eigenvalue weighted by molar-refractivity contribution is -0.112. The van der Waals surface area contributed by atoms with Crippen LogP contribution in [0, 0.1) is 0 Å². The highest BCUT2D eigenvalue weighted by Crippen LogP contribution is 2.28. The third kappa shape index (κ3) is 3.52. The Kier molecular flexibility index (Phi) is 4.50. The SMILES string of the molecule is O=C(/C=C/c1ccccc1Cl)Nc1nnc([C@@H]2CCCO2)o1. The molecule has 1 atom stereocenters. The van der Waals surface area contributed by atoms with Gasteiger partial charge in [0.1, 0.15) is 6.10 Å². The third-order valence-corrected chi connectivity index (χ3v) is 3.54. The van der Waals surface area contributed by atoms with Gasteiger partial charge in [0, 0.05) is 17.7 Å². The molecule has 0 aliphatic carbocycles. The minimum absolute atomic E-state index is 0.0549. The molecule has 2 aromatic rings. The van der Waals surface area contributed by atoms with Crippen molar-refractivity contribution in [1.82, 2.24) is 10.2 Å². The quantitative estimate of drug-likeness (QED) is 0.875. The van der Waals surface area contributed by atoms with Crippen LogP contribution in [-0.4, -0.2) is 22.7 Å². The molecule has 6 nitrogen and oxygen atoms in total. The molecule has 1 N–H and O–H groups in total. The fourth-order valence-corrected chi connectivity index (χ4v) is 2.31. The summed E-state index contributed by atoms with van der Waals surface area (Å²) in [6.07, 6.45) is 4.63. The van der Waals surface area contributed by atoms with E-state index in [9.17, 15) is 4.79 Å². The number of carbonyl (C=O) groups excluding carboxylic acids is 1. The molecule has 1 aromatic heterocycles. The average molecular weight is 320 g/mol. The van der Waals surface area contributed by atoms with Gasteiger partial charge in [0.25, 0.3) is 5.91 Å². The minimum Gasteiger partial charge on any atom is -0.405 e. The van der Waals surface area contributed by atoms with Gasteiger partial charge in [-0.1, -0.05) is 34.9 Å². The number of benzene rings is 1. The molecule has 1 fully saturated rings. The van der Waals surface area contributed by atoms with Crippen molar-refractivity contribution >= 4 is 29.6 Å². The number of halogens is 1. The van der Waals surface area contributed by atoms with Crippen LogP contribution in [-0.2, 0) is 9.53 Å². The second-order valence-electron chi connectivity index (χ2n) is 4.79. The van der Waals surface area contributed by atoms with Crippen molar-refractivity contribution in [3.8, 4) is 0 Å². The van der Waals surface area contributed by atoms with E-state index in [1.165, 1.54) is 6.08 Å². The number of hydrogen-bond acceptors (Lipinski definition) is 5. The Labute approximate surface area is 132 Å². The predicted molar refractivity (Wildman–Crippen MR) is 81.3 cm³/mol. The van der Waals surface area contributed by atoms with E-state index in [0.29, 0.717) is 17.5 Å². The van der Waals surface area contributed by atoms with Crippen LogP contribution in [0.5, 0.6) is 0 Å². The van der Waals surface area contributed by atoms with Crippen molar-refractivity contribution in [2.24, 2.45) is 0 Å². The molecular formula is C15H14ClN3O3. The normalized spacial score (nSPS) is 18.0. The van der Waals surface area contributed by atoms with Crippen LogP contribution in [0.1, 0.15) is 30.4 Å². The van der Waals surface area contributed by atoms with Crippen molar-refractivity contribution in [3.05, 3.63) is 46.8 Å². The Morgan fingerprint density at radius 1 is 1.36 bits per heavy atom. The number of nitrogens with one attached hydrogen (secondary N) is 1. The predicted octanol–water partition coefficient (Wildman–Crippen LogP) is 3.23. The maximum absolute atomic E-state index is 11.8. The summed E-state index contributed by atoms with van der Waals surface area (Å²) in [5.41, 5.74) is 0.755. The number of aromatic nitrogens is 2. The molecule has 0 spiro atoms. The van der Waals surface area contributed by atoms with E-state index in [2.05, 4.69) is 15.5 Å². The van der Waals surface area contributed by atoms with Gasteiger partial charge in [-0.15, -0.1) is 5.10 Å². The van der Waals surface area contributed by atoms with Crippen molar-refractivity contribution in [1.29, 1.82) is 0 Å². The van der Waals surface area contributed by atoms with Gasteiger partial charge in [0.05, 0.1) is 0 Å². The molecule has 0 radical (unpaired) electrons. The Bertz CT molecular complexity index is 693. The topological polar surface area (TPSA) is 77.2 Å². The van der Waals surface area contributed by atoms with Crippen molar-refractivity contribution in [2.75, 3.05) is 11.9 Å². The number of carbonyl (C=O) groups is 1. The van der Waals surface area contributed by atoms with E-state index in [0.717, 1.165) is 18.4 Å². The monoisotopic (exact) mass is 319 g/mol. The van der Waals surface area contributed by atoms with E-state index >= 15 is 0 Å². The first-order valence-electron chi connectivity index (χ1n) is 6.91. The van der Waals surface area contributed by atoms with Gasteiger partial charge in [0.2, 0.25) is 5.89 Å². The molecule has 1 saturated heterocycles. The molecule has 1 aromatic carbocycles. The first-order chi connectivity index (χ1) is 10.7. The zero-order valence-corrected chi connectivity index (χ0v) is 12.4. The molecular weight excluding hydrogens is 306 g/mol. The number of rotatable bonds is 4. The molecule has 0 bridgehead atoms. The summed E-state index contributed by atoms with van der Waals surface area (Å²) in [6.45, 7) is 0.690. The van der Waals surface area contributed by atoms with Crippen molar-refractivity contribution < 1.29 is 13.9 Å². The van der Waals surface area contributed by atoms with Gasteiger partial charge in [-0.25, -0.2) is 0 Å². The van der Waals surface area contributed by atoms with Crippen LogP contribution in [0.2, 0.25) is 5.02 Å². The maximum Gasteiger partial charge on any atom is 0.322 e. The van der Waals surface area contributed by atoms with Crippen molar-refractivity contribution in [3.63, 3.8) is 0 Å². The summed E-state index contributed by atoms with van der Waals surface area (Å²) < 4.78 is 10.8. The number of amides is 1. The summed E-state index contributed by atoms with van der Waals surface area (Å²) in [5.74, 6) is 0.0188. The first kappa shape index (κ1) is 14.7. The lowest BCUT2D eigenvalue weighted by atomic mass is 10.2. The molecule has 1 aliphatic rings. The number of anilines is 1. The molecule has 1 amide bonds. The number of hydrogen-bond donors (Lipinski definition) is 1. The van der Waals surface area contributed by atoms with Crippen LogP contribution < -0.4 is 5.32 Å². The zero-order chi connectivity index (χ0) is 15.4. The summed E-state index contributed by atoms with van der Waals surface area (Å²) in [5, 5.41) is 10.8. The highest BCUT2D eigenvalue weighted by molar-refractivity contribution is 6.32. The van der Waals surface area contributed by atoms with Gasteiger partial charge in [-0.05, 0) is 30.5 Å². The average Bonchev–Trinajstić information content (AvgIpc) is 3.17. The Morgan fingerprint density at radius 3 is 3.00 bits per heavy atom. The Balaban J connectivity index is 1.61. The summed E-state index contributed by atoms with van der Waals surface area (Å²) >= 11 is 6.01. The Morgan fingerprint density at radius 2 is 2.23 bits per heavy atom. The molecule has 1 aliphatic heterocycles. The lowest BCUT2D eigenvalue weighted by Crippen LogP contribution is -2.07. The summed E-state index contributed by atoms with van der Waals surface area (Å²) in [6, 6.07) is 7.29. The summed E-state index contributed by atoms with van der Waals surface area (Å²) in [4.78, 5) is 11.8. The van der Waals surface area contributed by atoms with Crippen LogP contribution in [0.25, 0.3) is 6.08 Å². The van der Waals surface area contributed by atoms with E-state index in [4.69, 9.17) is 20.8 Å². The second-order valence-corrected chi connectivity index (χ2v) is 5.20. The van der Waals surface area contributed by atoms with Gasteiger partial charge < -0.3 is 9.15 Å². The highest BCUT2D eigenvalue weighted by Gasteiger charge is 2.23. The van der Waals surface area contributed by atoms with E-state index in [1.54, 1.807) is 12.1 Å². The summed E-state index contributed by atoms with van der Waals surface area (Å²) in [7, 11) is 0. The third-order valence-electron chi connectivity index (χ3n) is 3.20. The maximum atomic E-state index is 11.8. The van der Waals surface area contributed by atoms with Crippen LogP contribution in [0.15, 0.2) is 34.8 Å². The standard InChI is InChI=1S/C15H14ClN3O3/c16-11-5-2-1-4-10(11)7-8-13(20)17-15-19-18-14(22-15)12-6-3-9-21-12/h1-2,4-5,7-8,12H,3,6,9H2,(H,17,19,20)/b8-7+/t12-/m0/s1. The van der Waals surface area contributed by atoms with Gasteiger partial charge in [-0.3, -0.25) is 10.1 Å². The highest BCUT2D eigenvalue weighted by atomic mass is 35.5. The molecule has 3 rings (SSSR count). The molecule has 0 unspecified atom stereocenters. The van der Waals surface area contributed by atoms with Gasteiger partial charge >= 0.3 is 6.01 Å². The molecule has 7 heteroatoms. The molecule has 0 saturated carbocycles. The van der Waals surface area contributed by atoms with Gasteiger partial charge in [0.15, 0.2) is 0 Å². The Hall–Kier alpha value is -2.18. The minimum atomic E-state index is -0.373. The largest absolute Gasteiger partial charge is 0.405 e. The van der Waals surface area contributed by atoms with E-state index < -0.39 is 0 Å². The van der Waals surface area contributed by atoms with Crippen LogP contribution in [0.3, 0.4) is 0 Å². The fourth-order valence-electron chi connectivity index (χ4n) is 2.11. The van der Waals surface area contributed by atoms with E-state index in [1.807, 2.05) is 18.2 Å². The zero-order valence-electron chi connectivity index (χ0n) is 11.7. The molecule has 114 valence electrons. The fraction of sp³-hybridized carbons (Fsp3) is 0.267. The molecule has 2 heterocycles. The second kappa shape index (κ2) is 6.72. The number of nitrogens with zero attached hydrogens (tertiary/aromatic N) is 2. The van der Waals surface area contributed by atoms with Crippen LogP contribution >= 0.6 is 11.6 Å². The van der Waals surface area contributed by atoms with Crippen LogP contribution in [0.4, 0.5) is 6.01 Å². The molecule has 22 heavy (non-hydrogen) atoms.